The molecule has 0 unspecified atom stereocenters. The largest absolute Gasteiger partial charge is 0.480 e. The minimum absolute atomic E-state index is 0.419. The Morgan fingerprint density at radius 1 is 1.55 bits per heavy atom. The van der Waals surface area contributed by atoms with Crippen molar-refractivity contribution < 1.29 is 9.90 Å². The number of hydrogen-bond acceptors (Lipinski definition) is 2. The highest BCUT2D eigenvalue weighted by Crippen LogP contribution is 2.44. The fraction of sp³-hybridized carbons (Fsp3) is 0.875. The van der Waals surface area contributed by atoms with E-state index in [-0.39, 0.29) is 0 Å². The smallest absolute Gasteiger partial charge is 0.324 e. The molecule has 1 heterocycles. The van der Waals surface area contributed by atoms with E-state index in [1.165, 1.54) is 0 Å². The van der Waals surface area contributed by atoms with E-state index in [1.807, 2.05) is 0 Å². The molecule has 3 heteroatoms. The summed E-state index contributed by atoms with van der Waals surface area (Å²) in [6, 6.07) is 0. The molecule has 2 rings (SSSR count). The van der Waals surface area contributed by atoms with Crippen molar-refractivity contribution in [3.05, 3.63) is 0 Å². The Balaban J connectivity index is 2.17. The zero-order valence-corrected chi connectivity index (χ0v) is 6.47. The summed E-state index contributed by atoms with van der Waals surface area (Å²) in [5, 5.41) is 12.1. The van der Waals surface area contributed by atoms with Crippen molar-refractivity contribution in [2.75, 3.05) is 6.54 Å². The van der Waals surface area contributed by atoms with Gasteiger partial charge in [-0.3, -0.25) is 4.79 Å². The first-order valence-electron chi connectivity index (χ1n) is 4.24. The maximum absolute atomic E-state index is 10.9. The average molecular weight is 155 g/mol. The van der Waals surface area contributed by atoms with Gasteiger partial charge in [0.2, 0.25) is 0 Å². The molecular formula is C8H13NO2. The molecule has 1 saturated carbocycles. The molecule has 0 amide bonds. The normalized spacial score (nSPS) is 37.5. The topological polar surface area (TPSA) is 49.3 Å². The van der Waals surface area contributed by atoms with Gasteiger partial charge in [-0.25, -0.2) is 0 Å². The van der Waals surface area contributed by atoms with Gasteiger partial charge in [-0.15, -0.1) is 0 Å². The Labute approximate surface area is 65.8 Å². The maximum Gasteiger partial charge on any atom is 0.324 e. The Morgan fingerprint density at radius 2 is 2.27 bits per heavy atom. The van der Waals surface area contributed by atoms with Crippen LogP contribution in [0.15, 0.2) is 0 Å². The van der Waals surface area contributed by atoms with Crippen LogP contribution >= 0.6 is 0 Å². The van der Waals surface area contributed by atoms with Gasteiger partial charge in [0, 0.05) is 0 Å². The molecule has 0 radical (unpaired) electrons. The number of aliphatic carboxylic acids is 1. The maximum atomic E-state index is 10.9. The van der Waals surface area contributed by atoms with E-state index in [4.69, 9.17) is 5.11 Å². The van der Waals surface area contributed by atoms with Crippen LogP contribution < -0.4 is 5.32 Å². The molecule has 1 aliphatic heterocycles. The number of nitrogens with one attached hydrogen (secondary N) is 1. The predicted octanol–water partition coefficient (Wildman–Crippen LogP) is 0.603. The van der Waals surface area contributed by atoms with E-state index in [2.05, 4.69) is 5.32 Å². The van der Waals surface area contributed by atoms with E-state index in [9.17, 15) is 4.79 Å². The van der Waals surface area contributed by atoms with Crippen molar-refractivity contribution in [1.29, 1.82) is 0 Å². The van der Waals surface area contributed by atoms with Gasteiger partial charge < -0.3 is 10.4 Å². The molecule has 1 aliphatic carbocycles. The Bertz CT molecular complexity index is 181. The predicted molar refractivity (Wildman–Crippen MR) is 40.3 cm³/mol. The van der Waals surface area contributed by atoms with Crippen LogP contribution in [0.5, 0.6) is 0 Å². The van der Waals surface area contributed by atoms with Crippen LogP contribution in [0.2, 0.25) is 0 Å². The summed E-state index contributed by atoms with van der Waals surface area (Å²) in [5.41, 5.74) is -0.528. The second kappa shape index (κ2) is 2.21. The Kier molecular flexibility index (Phi) is 1.42. The minimum atomic E-state index is -0.641. The Morgan fingerprint density at radius 3 is 2.64 bits per heavy atom. The quantitative estimate of drug-likeness (QED) is 0.614. The third-order valence-corrected chi connectivity index (χ3v) is 2.84. The van der Waals surface area contributed by atoms with Crippen molar-refractivity contribution in [1.82, 2.24) is 5.32 Å². The molecule has 0 bridgehead atoms. The van der Waals surface area contributed by atoms with Gasteiger partial charge in [-0.2, -0.15) is 0 Å². The third-order valence-electron chi connectivity index (χ3n) is 2.84. The molecule has 62 valence electrons. The van der Waals surface area contributed by atoms with Gasteiger partial charge >= 0.3 is 5.97 Å². The second-order valence-corrected chi connectivity index (χ2v) is 3.58. The summed E-state index contributed by atoms with van der Waals surface area (Å²) < 4.78 is 0. The molecule has 0 aromatic carbocycles. The van der Waals surface area contributed by atoms with Gasteiger partial charge in [0.25, 0.3) is 0 Å². The van der Waals surface area contributed by atoms with E-state index in [1.54, 1.807) is 0 Å². The number of carboxylic acids is 1. The molecule has 0 spiro atoms. The van der Waals surface area contributed by atoms with Gasteiger partial charge in [0.15, 0.2) is 0 Å². The lowest BCUT2D eigenvalue weighted by molar-refractivity contribution is -0.145. The molecule has 2 fully saturated rings. The summed E-state index contributed by atoms with van der Waals surface area (Å²) in [6.45, 7) is 0.878. The second-order valence-electron chi connectivity index (χ2n) is 3.58. The standard InChI is InChI=1S/C8H13NO2/c10-7(11)8(6-2-3-6)4-1-5-9-8/h6,9H,1-5H2,(H,10,11)/t8-/m0/s1. The van der Waals surface area contributed by atoms with Crippen LogP contribution in [0.3, 0.4) is 0 Å². The SMILES string of the molecule is O=C(O)[C@@]1(C2CC2)CCCN1. The van der Waals surface area contributed by atoms with Crippen molar-refractivity contribution in [3.8, 4) is 0 Å². The summed E-state index contributed by atoms with van der Waals surface area (Å²) in [4.78, 5) is 10.9. The van der Waals surface area contributed by atoms with Crippen LogP contribution in [0, 0.1) is 5.92 Å². The minimum Gasteiger partial charge on any atom is -0.480 e. The van der Waals surface area contributed by atoms with Crippen molar-refractivity contribution >= 4 is 5.97 Å². The number of carboxylic acid groups (broad SMARTS) is 1. The van der Waals surface area contributed by atoms with E-state index >= 15 is 0 Å². The van der Waals surface area contributed by atoms with E-state index < -0.39 is 11.5 Å². The first-order chi connectivity index (χ1) is 5.26. The van der Waals surface area contributed by atoms with Crippen LogP contribution in [0.25, 0.3) is 0 Å². The van der Waals surface area contributed by atoms with Crippen molar-refractivity contribution in [2.24, 2.45) is 5.92 Å². The lowest BCUT2D eigenvalue weighted by Gasteiger charge is -2.23. The first-order valence-corrected chi connectivity index (χ1v) is 4.24. The van der Waals surface area contributed by atoms with Crippen LogP contribution in [-0.2, 0) is 4.79 Å². The molecule has 3 nitrogen and oxygen atoms in total. The van der Waals surface area contributed by atoms with Crippen molar-refractivity contribution in [2.45, 2.75) is 31.2 Å². The summed E-state index contributed by atoms with van der Waals surface area (Å²) in [6.07, 6.45) is 4.04. The summed E-state index contributed by atoms with van der Waals surface area (Å²) >= 11 is 0. The molecule has 2 aliphatic rings. The van der Waals surface area contributed by atoms with E-state index in [0.717, 1.165) is 32.2 Å². The highest BCUT2D eigenvalue weighted by Gasteiger charge is 2.52. The lowest BCUT2D eigenvalue weighted by Crippen LogP contribution is -2.49. The van der Waals surface area contributed by atoms with Crippen LogP contribution in [0.4, 0.5) is 0 Å². The summed E-state index contributed by atoms with van der Waals surface area (Å²) in [5.74, 6) is -0.222. The first kappa shape index (κ1) is 7.10. The monoisotopic (exact) mass is 155 g/mol. The third kappa shape index (κ3) is 0.948. The van der Waals surface area contributed by atoms with Gasteiger partial charge in [-0.05, 0) is 38.1 Å². The number of hydrogen-bond donors (Lipinski definition) is 2. The fourth-order valence-corrected chi connectivity index (χ4v) is 2.05. The van der Waals surface area contributed by atoms with Crippen LogP contribution in [0.1, 0.15) is 25.7 Å². The van der Waals surface area contributed by atoms with E-state index in [0.29, 0.717) is 5.92 Å². The zero-order valence-electron chi connectivity index (χ0n) is 6.47. The number of carbonyl (C=O) groups is 1. The van der Waals surface area contributed by atoms with Crippen molar-refractivity contribution in [3.63, 3.8) is 0 Å². The Hall–Kier alpha value is -0.570. The molecule has 2 N–H and O–H groups in total. The highest BCUT2D eigenvalue weighted by molar-refractivity contribution is 5.80. The lowest BCUT2D eigenvalue weighted by atomic mass is 9.92. The highest BCUT2D eigenvalue weighted by atomic mass is 16.4. The fourth-order valence-electron chi connectivity index (χ4n) is 2.05. The number of rotatable bonds is 2. The van der Waals surface area contributed by atoms with Gasteiger partial charge in [0.05, 0.1) is 0 Å². The molecular weight excluding hydrogens is 142 g/mol. The van der Waals surface area contributed by atoms with Crippen LogP contribution in [-0.4, -0.2) is 23.2 Å². The molecule has 0 aromatic rings. The molecule has 11 heavy (non-hydrogen) atoms. The zero-order chi connectivity index (χ0) is 7.90. The average Bonchev–Trinajstić information content (AvgIpc) is 2.69. The summed E-state index contributed by atoms with van der Waals surface area (Å²) in [7, 11) is 0. The molecule has 1 saturated heterocycles. The van der Waals surface area contributed by atoms with Gasteiger partial charge in [-0.1, -0.05) is 0 Å². The molecule has 1 atom stereocenters. The molecule has 0 aromatic heterocycles. The van der Waals surface area contributed by atoms with Gasteiger partial charge in [0.1, 0.15) is 5.54 Å².